The van der Waals surface area contributed by atoms with E-state index in [4.69, 9.17) is 9.47 Å². The first-order valence-electron chi connectivity index (χ1n) is 6.17. The fourth-order valence-electron chi connectivity index (χ4n) is 1.79. The first kappa shape index (κ1) is 15.0. The molecule has 21 heavy (non-hydrogen) atoms. The molecule has 0 N–H and O–H groups in total. The molecule has 0 spiro atoms. The van der Waals surface area contributed by atoms with Crippen molar-refractivity contribution in [2.45, 2.75) is 0 Å². The standard InChI is InChI=1S/C16H14O4S/c1-19-9-13(16(18)20-2)12-8-14(21-10-12)15(17)11-6-4-3-5-7-11/h3-10H,1-2H3. The molecule has 0 aliphatic rings. The van der Waals surface area contributed by atoms with Crippen LogP contribution in [-0.2, 0) is 14.3 Å². The number of thiophene rings is 1. The Kier molecular flexibility index (Phi) is 4.90. The molecule has 2 aromatic rings. The van der Waals surface area contributed by atoms with Crippen LogP contribution in [0.5, 0.6) is 0 Å². The van der Waals surface area contributed by atoms with Crippen molar-refractivity contribution in [2.75, 3.05) is 14.2 Å². The van der Waals surface area contributed by atoms with E-state index in [-0.39, 0.29) is 11.4 Å². The van der Waals surface area contributed by atoms with Crippen molar-refractivity contribution >= 4 is 28.7 Å². The number of hydrogen-bond acceptors (Lipinski definition) is 5. The molecule has 0 amide bonds. The summed E-state index contributed by atoms with van der Waals surface area (Å²) in [7, 11) is 2.75. The maximum atomic E-state index is 12.3. The van der Waals surface area contributed by atoms with Crippen LogP contribution in [0, 0.1) is 0 Å². The molecule has 1 aromatic heterocycles. The van der Waals surface area contributed by atoms with Gasteiger partial charge in [-0.2, -0.15) is 0 Å². The summed E-state index contributed by atoms with van der Waals surface area (Å²) in [5.41, 5.74) is 1.50. The molecule has 0 fully saturated rings. The Morgan fingerprint density at radius 1 is 1.10 bits per heavy atom. The molecule has 108 valence electrons. The van der Waals surface area contributed by atoms with Crippen LogP contribution in [-0.4, -0.2) is 26.0 Å². The zero-order valence-corrected chi connectivity index (χ0v) is 12.5. The predicted molar refractivity (Wildman–Crippen MR) is 81.2 cm³/mol. The van der Waals surface area contributed by atoms with E-state index in [9.17, 15) is 9.59 Å². The number of ether oxygens (including phenoxy) is 2. The van der Waals surface area contributed by atoms with Crippen molar-refractivity contribution in [3.05, 3.63) is 64.0 Å². The topological polar surface area (TPSA) is 52.6 Å². The molecule has 0 aliphatic heterocycles. The van der Waals surface area contributed by atoms with Crippen molar-refractivity contribution in [2.24, 2.45) is 0 Å². The van der Waals surface area contributed by atoms with Crippen LogP contribution in [0.2, 0.25) is 0 Å². The summed E-state index contributed by atoms with van der Waals surface area (Å²) in [6.07, 6.45) is 1.31. The molecule has 5 heteroatoms. The first-order chi connectivity index (χ1) is 10.2. The quantitative estimate of drug-likeness (QED) is 0.368. The van der Waals surface area contributed by atoms with Crippen molar-refractivity contribution in [1.29, 1.82) is 0 Å². The molecular formula is C16H14O4S. The van der Waals surface area contributed by atoms with Gasteiger partial charge >= 0.3 is 5.97 Å². The zero-order valence-electron chi connectivity index (χ0n) is 11.7. The third-order valence-corrected chi connectivity index (χ3v) is 3.74. The fourth-order valence-corrected chi connectivity index (χ4v) is 2.66. The summed E-state index contributed by atoms with van der Waals surface area (Å²) in [5.74, 6) is -0.582. The lowest BCUT2D eigenvalue weighted by molar-refractivity contribution is -0.133. The van der Waals surface area contributed by atoms with Crippen LogP contribution >= 0.6 is 11.3 Å². The molecule has 1 aromatic carbocycles. The van der Waals surface area contributed by atoms with Crippen LogP contribution < -0.4 is 0 Å². The molecule has 0 unspecified atom stereocenters. The van der Waals surface area contributed by atoms with Gasteiger partial charge in [-0.3, -0.25) is 4.79 Å². The van der Waals surface area contributed by atoms with E-state index >= 15 is 0 Å². The lowest BCUT2D eigenvalue weighted by atomic mass is 10.1. The Morgan fingerprint density at radius 3 is 2.43 bits per heavy atom. The Balaban J connectivity index is 2.31. The summed E-state index contributed by atoms with van der Waals surface area (Å²) < 4.78 is 9.60. The lowest BCUT2D eigenvalue weighted by Crippen LogP contribution is -2.04. The van der Waals surface area contributed by atoms with Crippen molar-refractivity contribution < 1.29 is 19.1 Å². The van der Waals surface area contributed by atoms with Gasteiger partial charge in [-0.05, 0) is 11.4 Å². The van der Waals surface area contributed by atoms with Gasteiger partial charge in [-0.25, -0.2) is 4.79 Å². The monoisotopic (exact) mass is 302 g/mol. The average molecular weight is 302 g/mol. The van der Waals surface area contributed by atoms with Crippen LogP contribution in [0.1, 0.15) is 20.8 Å². The van der Waals surface area contributed by atoms with Crippen molar-refractivity contribution in [3.63, 3.8) is 0 Å². The normalized spacial score (nSPS) is 11.0. The Morgan fingerprint density at radius 2 is 1.81 bits per heavy atom. The SMILES string of the molecule is COC=C(C(=O)OC)c1csc(C(=O)c2ccccc2)c1. The van der Waals surface area contributed by atoms with E-state index in [1.165, 1.54) is 31.8 Å². The number of ketones is 1. The number of carbonyl (C=O) groups is 2. The van der Waals surface area contributed by atoms with E-state index in [2.05, 4.69) is 0 Å². The van der Waals surface area contributed by atoms with Gasteiger partial charge in [0.1, 0.15) is 5.57 Å². The second-order valence-electron chi connectivity index (χ2n) is 4.15. The van der Waals surface area contributed by atoms with Crippen LogP contribution in [0.3, 0.4) is 0 Å². The summed E-state index contributed by atoms with van der Waals surface area (Å²) in [6.45, 7) is 0. The first-order valence-corrected chi connectivity index (χ1v) is 7.05. The Bertz CT molecular complexity index is 671. The molecule has 0 saturated carbocycles. The number of hydrogen-bond donors (Lipinski definition) is 0. The third kappa shape index (κ3) is 3.38. The highest BCUT2D eigenvalue weighted by Crippen LogP contribution is 2.25. The number of esters is 1. The Hall–Kier alpha value is -2.40. The van der Waals surface area contributed by atoms with E-state index in [0.717, 1.165) is 0 Å². The predicted octanol–water partition coefficient (Wildman–Crippen LogP) is 3.14. The van der Waals surface area contributed by atoms with E-state index < -0.39 is 5.97 Å². The van der Waals surface area contributed by atoms with Gasteiger partial charge in [-0.1, -0.05) is 30.3 Å². The number of carbonyl (C=O) groups excluding carboxylic acids is 2. The van der Waals surface area contributed by atoms with Gasteiger partial charge in [0.25, 0.3) is 0 Å². The van der Waals surface area contributed by atoms with Crippen molar-refractivity contribution in [1.82, 2.24) is 0 Å². The van der Waals surface area contributed by atoms with Crippen molar-refractivity contribution in [3.8, 4) is 0 Å². The fraction of sp³-hybridized carbons (Fsp3) is 0.125. The molecule has 0 aliphatic carbocycles. The highest BCUT2D eigenvalue weighted by molar-refractivity contribution is 7.12. The molecule has 4 nitrogen and oxygen atoms in total. The second kappa shape index (κ2) is 6.85. The van der Waals surface area contributed by atoms with Crippen LogP contribution in [0.25, 0.3) is 5.57 Å². The van der Waals surface area contributed by atoms with Crippen LogP contribution in [0.4, 0.5) is 0 Å². The molecule has 0 saturated heterocycles. The highest BCUT2D eigenvalue weighted by Gasteiger charge is 2.18. The maximum Gasteiger partial charge on any atom is 0.341 e. The summed E-state index contributed by atoms with van der Waals surface area (Å²) in [5, 5.41) is 1.73. The van der Waals surface area contributed by atoms with E-state index in [1.807, 2.05) is 18.2 Å². The van der Waals surface area contributed by atoms with Gasteiger partial charge < -0.3 is 9.47 Å². The molecule has 1 heterocycles. The summed E-state index contributed by atoms with van der Waals surface area (Å²) in [4.78, 5) is 24.6. The van der Waals surface area contributed by atoms with Crippen LogP contribution in [0.15, 0.2) is 48.0 Å². The summed E-state index contributed by atoms with van der Waals surface area (Å²) in [6, 6.07) is 10.7. The second-order valence-corrected chi connectivity index (χ2v) is 5.06. The largest absolute Gasteiger partial charge is 0.503 e. The number of benzene rings is 1. The minimum Gasteiger partial charge on any atom is -0.503 e. The highest BCUT2D eigenvalue weighted by atomic mass is 32.1. The van der Waals surface area contributed by atoms with Gasteiger partial charge in [0.15, 0.2) is 0 Å². The van der Waals surface area contributed by atoms with Gasteiger partial charge in [0, 0.05) is 11.1 Å². The van der Waals surface area contributed by atoms with Gasteiger partial charge in [-0.15, -0.1) is 11.3 Å². The number of rotatable bonds is 5. The maximum absolute atomic E-state index is 12.3. The zero-order chi connectivity index (χ0) is 15.2. The molecule has 0 atom stereocenters. The van der Waals surface area contributed by atoms with Gasteiger partial charge in [0.05, 0.1) is 25.4 Å². The third-order valence-electron chi connectivity index (χ3n) is 2.81. The summed E-state index contributed by atoms with van der Waals surface area (Å²) >= 11 is 1.28. The van der Waals surface area contributed by atoms with Gasteiger partial charge in [0.2, 0.25) is 5.78 Å². The minimum absolute atomic E-state index is 0.0755. The average Bonchev–Trinajstić information content (AvgIpc) is 3.01. The Labute approximate surface area is 126 Å². The molecule has 2 rings (SSSR count). The molecule has 0 radical (unpaired) electrons. The number of methoxy groups -OCH3 is 2. The molecular weight excluding hydrogens is 288 g/mol. The van der Waals surface area contributed by atoms with E-state index in [1.54, 1.807) is 23.6 Å². The lowest BCUT2D eigenvalue weighted by Gasteiger charge is -2.02. The van der Waals surface area contributed by atoms with E-state index in [0.29, 0.717) is 16.0 Å². The minimum atomic E-state index is -0.506. The smallest absolute Gasteiger partial charge is 0.341 e. The molecule has 0 bridgehead atoms.